The fraction of sp³-hybridized carbons (Fsp3) is 0.200. The van der Waals surface area contributed by atoms with Crippen molar-refractivity contribution in [2.45, 2.75) is 13.0 Å². The molecule has 2 aromatic carbocycles. The highest BCUT2D eigenvalue weighted by molar-refractivity contribution is 5.95. The van der Waals surface area contributed by atoms with Crippen LogP contribution in [0.5, 0.6) is 11.5 Å². The first-order chi connectivity index (χ1) is 14.7. The zero-order valence-electron chi connectivity index (χ0n) is 17.0. The molecular formula is C25H22N2O3. The zero-order valence-corrected chi connectivity index (χ0v) is 17.0. The molecule has 1 aliphatic heterocycles. The van der Waals surface area contributed by atoms with Gasteiger partial charge in [-0.05, 0) is 65.9 Å². The summed E-state index contributed by atoms with van der Waals surface area (Å²) in [4.78, 5) is 19.2. The van der Waals surface area contributed by atoms with Gasteiger partial charge < -0.3 is 14.4 Å². The molecule has 3 aromatic rings. The maximum absolute atomic E-state index is 13.2. The SMILES string of the molecule is COc1ccc2c(c1)CCN(C(=O)c1ccc(OC)c(C#Cc3ccccn3)c1)C2. The van der Waals surface area contributed by atoms with Gasteiger partial charge in [-0.25, -0.2) is 4.98 Å². The van der Waals surface area contributed by atoms with Gasteiger partial charge in [0.1, 0.15) is 17.2 Å². The van der Waals surface area contributed by atoms with Crippen molar-refractivity contribution >= 4 is 5.91 Å². The second kappa shape index (κ2) is 8.71. The summed E-state index contributed by atoms with van der Waals surface area (Å²) in [6.07, 6.45) is 2.51. The van der Waals surface area contributed by atoms with Crippen LogP contribution in [0.4, 0.5) is 0 Å². The third-order valence-electron chi connectivity index (χ3n) is 5.15. The van der Waals surface area contributed by atoms with Crippen molar-refractivity contribution in [3.05, 3.63) is 88.7 Å². The lowest BCUT2D eigenvalue weighted by Crippen LogP contribution is -2.36. The smallest absolute Gasteiger partial charge is 0.254 e. The molecule has 5 nitrogen and oxygen atoms in total. The Morgan fingerprint density at radius 1 is 1.00 bits per heavy atom. The lowest BCUT2D eigenvalue weighted by atomic mass is 9.98. The van der Waals surface area contributed by atoms with Crippen LogP contribution in [0.2, 0.25) is 0 Å². The number of pyridine rings is 1. The number of fused-ring (bicyclic) bond motifs is 1. The molecule has 1 aromatic heterocycles. The van der Waals surface area contributed by atoms with Gasteiger partial charge in [0.2, 0.25) is 0 Å². The fourth-order valence-electron chi connectivity index (χ4n) is 3.52. The molecule has 0 fully saturated rings. The summed E-state index contributed by atoms with van der Waals surface area (Å²) in [5, 5.41) is 0. The molecule has 2 heterocycles. The second-order valence-electron chi connectivity index (χ2n) is 6.99. The van der Waals surface area contributed by atoms with Gasteiger partial charge in [0.25, 0.3) is 5.91 Å². The van der Waals surface area contributed by atoms with E-state index < -0.39 is 0 Å². The normalized spacial score (nSPS) is 12.4. The zero-order chi connectivity index (χ0) is 20.9. The van der Waals surface area contributed by atoms with E-state index in [1.165, 1.54) is 5.56 Å². The first-order valence-corrected chi connectivity index (χ1v) is 9.74. The molecule has 0 N–H and O–H groups in total. The lowest BCUT2D eigenvalue weighted by Gasteiger charge is -2.29. The largest absolute Gasteiger partial charge is 0.497 e. The standard InChI is InChI=1S/C25H22N2O3/c1-29-23-10-7-21-17-27(14-12-18(21)16-23)25(28)20-8-11-24(30-2)19(15-20)6-9-22-5-3-4-13-26-22/h3-5,7-8,10-11,13,15-16H,12,14,17H2,1-2H3. The number of carbonyl (C=O) groups is 1. The Morgan fingerprint density at radius 3 is 2.67 bits per heavy atom. The topological polar surface area (TPSA) is 51.7 Å². The molecule has 0 unspecified atom stereocenters. The van der Waals surface area contributed by atoms with Crippen molar-refractivity contribution in [3.63, 3.8) is 0 Å². The van der Waals surface area contributed by atoms with E-state index in [2.05, 4.69) is 22.9 Å². The van der Waals surface area contributed by atoms with Gasteiger partial charge in [0.15, 0.2) is 0 Å². The second-order valence-corrected chi connectivity index (χ2v) is 6.99. The Bertz CT molecular complexity index is 1130. The first-order valence-electron chi connectivity index (χ1n) is 9.74. The Labute approximate surface area is 176 Å². The average molecular weight is 398 g/mol. The van der Waals surface area contributed by atoms with E-state index in [1.54, 1.807) is 38.6 Å². The number of rotatable bonds is 3. The molecule has 4 rings (SSSR count). The summed E-state index contributed by atoms with van der Waals surface area (Å²) in [5.41, 5.74) is 4.31. The molecule has 0 saturated carbocycles. The number of hydrogen-bond donors (Lipinski definition) is 0. The van der Waals surface area contributed by atoms with Crippen LogP contribution in [0.1, 0.15) is 32.7 Å². The third-order valence-corrected chi connectivity index (χ3v) is 5.15. The van der Waals surface area contributed by atoms with Crippen LogP contribution in [0.25, 0.3) is 0 Å². The van der Waals surface area contributed by atoms with Gasteiger partial charge in [-0.3, -0.25) is 4.79 Å². The first kappa shape index (κ1) is 19.5. The number of aromatic nitrogens is 1. The predicted molar refractivity (Wildman–Crippen MR) is 115 cm³/mol. The minimum Gasteiger partial charge on any atom is -0.497 e. The molecule has 0 radical (unpaired) electrons. The van der Waals surface area contributed by atoms with Crippen LogP contribution in [0, 0.1) is 11.8 Å². The van der Waals surface area contributed by atoms with Crippen LogP contribution in [-0.2, 0) is 13.0 Å². The maximum Gasteiger partial charge on any atom is 0.254 e. The summed E-state index contributed by atoms with van der Waals surface area (Å²) < 4.78 is 10.7. The number of methoxy groups -OCH3 is 2. The van der Waals surface area contributed by atoms with Gasteiger partial charge in [0, 0.05) is 24.8 Å². The van der Waals surface area contributed by atoms with E-state index in [0.717, 1.165) is 17.7 Å². The number of nitrogens with zero attached hydrogens (tertiary/aromatic N) is 2. The summed E-state index contributed by atoms with van der Waals surface area (Å²) in [6, 6.07) is 17.0. The molecule has 0 spiro atoms. The van der Waals surface area contributed by atoms with Crippen molar-refractivity contribution in [2.75, 3.05) is 20.8 Å². The molecule has 1 amide bonds. The molecule has 1 aliphatic rings. The van der Waals surface area contributed by atoms with Crippen LogP contribution in [0.3, 0.4) is 0 Å². The molecule has 0 saturated heterocycles. The predicted octanol–water partition coefficient (Wildman–Crippen LogP) is 3.70. The molecule has 150 valence electrons. The van der Waals surface area contributed by atoms with Gasteiger partial charge in [-0.2, -0.15) is 0 Å². The van der Waals surface area contributed by atoms with Gasteiger partial charge in [0.05, 0.1) is 19.8 Å². The molecule has 0 aliphatic carbocycles. The lowest BCUT2D eigenvalue weighted by molar-refractivity contribution is 0.0734. The van der Waals surface area contributed by atoms with Crippen LogP contribution in [0.15, 0.2) is 60.8 Å². The van der Waals surface area contributed by atoms with E-state index in [9.17, 15) is 4.79 Å². The highest BCUT2D eigenvalue weighted by Gasteiger charge is 2.22. The molecule has 5 heteroatoms. The van der Waals surface area contributed by atoms with Crippen molar-refractivity contribution in [1.82, 2.24) is 9.88 Å². The number of hydrogen-bond acceptors (Lipinski definition) is 4. The minimum absolute atomic E-state index is 0.0139. The van der Waals surface area contributed by atoms with Crippen LogP contribution >= 0.6 is 0 Å². The minimum atomic E-state index is -0.0139. The Kier molecular flexibility index (Phi) is 5.67. The number of ether oxygens (including phenoxy) is 2. The van der Waals surface area contributed by atoms with E-state index in [4.69, 9.17) is 9.47 Å². The van der Waals surface area contributed by atoms with Gasteiger partial charge in [-0.15, -0.1) is 0 Å². The number of amides is 1. The fourth-order valence-corrected chi connectivity index (χ4v) is 3.52. The van der Waals surface area contributed by atoms with E-state index >= 15 is 0 Å². The maximum atomic E-state index is 13.2. The summed E-state index contributed by atoms with van der Waals surface area (Å²) in [6.45, 7) is 1.25. The van der Waals surface area contributed by atoms with Crippen molar-refractivity contribution in [3.8, 4) is 23.3 Å². The van der Waals surface area contributed by atoms with E-state index in [-0.39, 0.29) is 5.91 Å². The summed E-state index contributed by atoms with van der Waals surface area (Å²) in [5.74, 6) is 7.58. The highest BCUT2D eigenvalue weighted by atomic mass is 16.5. The van der Waals surface area contributed by atoms with Gasteiger partial charge in [-0.1, -0.05) is 18.1 Å². The highest BCUT2D eigenvalue weighted by Crippen LogP contribution is 2.26. The van der Waals surface area contributed by atoms with E-state index in [0.29, 0.717) is 35.7 Å². The Hall–Kier alpha value is -3.78. The van der Waals surface area contributed by atoms with E-state index in [1.807, 2.05) is 35.2 Å². The third kappa shape index (κ3) is 4.13. The summed E-state index contributed by atoms with van der Waals surface area (Å²) in [7, 11) is 3.26. The van der Waals surface area contributed by atoms with Crippen molar-refractivity contribution in [1.29, 1.82) is 0 Å². The average Bonchev–Trinajstić information content (AvgIpc) is 2.82. The van der Waals surface area contributed by atoms with Crippen LogP contribution in [-0.4, -0.2) is 36.6 Å². The van der Waals surface area contributed by atoms with Crippen molar-refractivity contribution < 1.29 is 14.3 Å². The number of carbonyl (C=O) groups excluding carboxylic acids is 1. The van der Waals surface area contributed by atoms with Crippen LogP contribution < -0.4 is 9.47 Å². The molecule has 30 heavy (non-hydrogen) atoms. The Morgan fingerprint density at radius 2 is 1.90 bits per heavy atom. The quantitative estimate of drug-likeness (QED) is 0.632. The van der Waals surface area contributed by atoms with Crippen molar-refractivity contribution in [2.24, 2.45) is 0 Å². The monoisotopic (exact) mass is 398 g/mol. The molecular weight excluding hydrogens is 376 g/mol. The molecule has 0 atom stereocenters. The Balaban J connectivity index is 1.58. The summed E-state index contributed by atoms with van der Waals surface area (Å²) >= 11 is 0. The van der Waals surface area contributed by atoms with Gasteiger partial charge >= 0.3 is 0 Å². The number of benzene rings is 2. The molecule has 0 bridgehead atoms.